The van der Waals surface area contributed by atoms with E-state index in [2.05, 4.69) is 20.3 Å². The number of rotatable bonds is 4. The summed E-state index contributed by atoms with van der Waals surface area (Å²) < 4.78 is 21.6. The maximum Gasteiger partial charge on any atom is 0.228 e. The van der Waals surface area contributed by atoms with Gasteiger partial charge in [-0.05, 0) is 23.2 Å². The van der Waals surface area contributed by atoms with Crippen molar-refractivity contribution in [2.24, 2.45) is 0 Å². The van der Waals surface area contributed by atoms with E-state index in [9.17, 15) is 8.42 Å². The molecule has 0 amide bonds. The summed E-state index contributed by atoms with van der Waals surface area (Å²) in [5.74, 6) is 0.136. The third kappa shape index (κ3) is 5.10. The number of halogens is 2. The third-order valence-electron chi connectivity index (χ3n) is 1.34. The van der Waals surface area contributed by atoms with Crippen molar-refractivity contribution in [3.05, 3.63) is 10.6 Å². The van der Waals surface area contributed by atoms with E-state index < -0.39 is 9.84 Å². The molecule has 0 atom stereocenters. The molecular weight excluding hydrogens is 263 g/mol. The Balaban J connectivity index is 2.58. The lowest BCUT2D eigenvalue weighted by Gasteiger charge is -2.03. The van der Waals surface area contributed by atoms with Crippen molar-refractivity contribution in [1.29, 1.82) is 0 Å². The van der Waals surface area contributed by atoms with Gasteiger partial charge in [0.15, 0.2) is 0 Å². The molecule has 0 bridgehead atoms. The summed E-state index contributed by atoms with van der Waals surface area (Å²) in [6.45, 7) is 0.190. The zero-order valence-electron chi connectivity index (χ0n) is 7.74. The van der Waals surface area contributed by atoms with Crippen LogP contribution in [0.2, 0.25) is 10.6 Å². The van der Waals surface area contributed by atoms with Crippen LogP contribution >= 0.6 is 23.2 Å². The number of anilines is 1. The van der Waals surface area contributed by atoms with Crippen molar-refractivity contribution in [2.45, 2.75) is 0 Å². The predicted octanol–water partition coefficient (Wildman–Crippen LogP) is 0.635. The van der Waals surface area contributed by atoms with E-state index in [0.29, 0.717) is 0 Å². The zero-order chi connectivity index (χ0) is 11.5. The average molecular weight is 271 g/mol. The minimum absolute atomic E-state index is 0.0199. The van der Waals surface area contributed by atoms with Crippen molar-refractivity contribution >= 4 is 39.0 Å². The van der Waals surface area contributed by atoms with Gasteiger partial charge in [-0.3, -0.25) is 0 Å². The second kappa shape index (κ2) is 4.91. The van der Waals surface area contributed by atoms with Crippen LogP contribution in [0.3, 0.4) is 0 Å². The van der Waals surface area contributed by atoms with Gasteiger partial charge in [-0.15, -0.1) is 0 Å². The second-order valence-electron chi connectivity index (χ2n) is 2.75. The van der Waals surface area contributed by atoms with Crippen LogP contribution in [0.1, 0.15) is 0 Å². The molecule has 0 saturated heterocycles. The zero-order valence-corrected chi connectivity index (χ0v) is 10.1. The van der Waals surface area contributed by atoms with Crippen molar-refractivity contribution in [2.75, 3.05) is 23.9 Å². The van der Waals surface area contributed by atoms with Crippen LogP contribution in [-0.2, 0) is 9.84 Å². The van der Waals surface area contributed by atoms with E-state index in [4.69, 9.17) is 23.2 Å². The van der Waals surface area contributed by atoms with Crippen LogP contribution in [0.5, 0.6) is 0 Å². The molecule has 1 heterocycles. The molecule has 0 saturated carbocycles. The molecule has 15 heavy (non-hydrogen) atoms. The number of hydrogen-bond donors (Lipinski definition) is 1. The van der Waals surface area contributed by atoms with Crippen molar-refractivity contribution in [3.63, 3.8) is 0 Å². The van der Waals surface area contributed by atoms with E-state index >= 15 is 0 Å². The van der Waals surface area contributed by atoms with Crippen molar-refractivity contribution < 1.29 is 8.42 Å². The Morgan fingerprint density at radius 1 is 1.20 bits per heavy atom. The molecule has 1 aromatic rings. The fourth-order valence-corrected chi connectivity index (χ4v) is 1.59. The molecule has 0 unspecified atom stereocenters. The quantitative estimate of drug-likeness (QED) is 0.864. The topological polar surface area (TPSA) is 84.8 Å². The van der Waals surface area contributed by atoms with Gasteiger partial charge >= 0.3 is 0 Å². The van der Waals surface area contributed by atoms with Gasteiger partial charge in [-0.1, -0.05) is 0 Å². The molecule has 1 N–H and O–H groups in total. The lowest BCUT2D eigenvalue weighted by atomic mass is 10.7. The van der Waals surface area contributed by atoms with Gasteiger partial charge in [0.25, 0.3) is 0 Å². The first kappa shape index (κ1) is 12.4. The molecule has 1 aromatic heterocycles. The highest BCUT2D eigenvalue weighted by Crippen LogP contribution is 2.08. The Kier molecular flexibility index (Phi) is 4.06. The number of nitrogens with one attached hydrogen (secondary N) is 1. The van der Waals surface area contributed by atoms with Gasteiger partial charge in [-0.2, -0.15) is 15.0 Å². The molecule has 9 heteroatoms. The van der Waals surface area contributed by atoms with Gasteiger partial charge < -0.3 is 5.32 Å². The van der Waals surface area contributed by atoms with E-state index in [1.54, 1.807) is 0 Å². The summed E-state index contributed by atoms with van der Waals surface area (Å²) in [6, 6.07) is 0. The van der Waals surface area contributed by atoms with E-state index in [1.807, 2.05) is 0 Å². The normalized spacial score (nSPS) is 11.4. The smallest absolute Gasteiger partial charge is 0.228 e. The largest absolute Gasteiger partial charge is 0.353 e. The number of sulfone groups is 1. The standard InChI is InChI=1S/C6H8Cl2N4O2S/c1-15(13,14)3-2-9-6-11-4(7)10-5(8)12-6/h2-3H2,1H3,(H,9,10,11,12). The van der Waals surface area contributed by atoms with Crippen LogP contribution in [0.15, 0.2) is 0 Å². The Hall–Kier alpha value is -0.660. The molecule has 0 aliphatic carbocycles. The van der Waals surface area contributed by atoms with E-state index in [1.165, 1.54) is 0 Å². The number of aromatic nitrogens is 3. The summed E-state index contributed by atoms with van der Waals surface area (Å²) >= 11 is 11.0. The molecule has 84 valence electrons. The van der Waals surface area contributed by atoms with E-state index in [-0.39, 0.29) is 28.8 Å². The lowest BCUT2D eigenvalue weighted by molar-refractivity contribution is 0.602. The van der Waals surface area contributed by atoms with Gasteiger partial charge in [-0.25, -0.2) is 8.42 Å². The van der Waals surface area contributed by atoms with Crippen molar-refractivity contribution in [3.8, 4) is 0 Å². The SMILES string of the molecule is CS(=O)(=O)CCNc1nc(Cl)nc(Cl)n1. The summed E-state index contributed by atoms with van der Waals surface area (Å²) in [5.41, 5.74) is 0. The van der Waals surface area contributed by atoms with Crippen LogP contribution in [0, 0.1) is 0 Å². The Morgan fingerprint density at radius 3 is 2.20 bits per heavy atom. The highest BCUT2D eigenvalue weighted by molar-refractivity contribution is 7.90. The number of hydrogen-bond acceptors (Lipinski definition) is 6. The van der Waals surface area contributed by atoms with Crippen molar-refractivity contribution in [1.82, 2.24) is 15.0 Å². The van der Waals surface area contributed by atoms with Gasteiger partial charge in [0.1, 0.15) is 9.84 Å². The summed E-state index contributed by atoms with van der Waals surface area (Å²) in [5, 5.41) is 2.58. The monoisotopic (exact) mass is 270 g/mol. The Morgan fingerprint density at radius 2 is 1.73 bits per heavy atom. The highest BCUT2D eigenvalue weighted by Gasteiger charge is 2.05. The van der Waals surface area contributed by atoms with Gasteiger partial charge in [0.2, 0.25) is 16.5 Å². The molecule has 0 spiro atoms. The third-order valence-corrected chi connectivity index (χ3v) is 2.62. The molecule has 6 nitrogen and oxygen atoms in total. The van der Waals surface area contributed by atoms with Gasteiger partial charge in [0.05, 0.1) is 5.75 Å². The molecular formula is C6H8Cl2N4O2S. The van der Waals surface area contributed by atoms with Gasteiger partial charge in [0, 0.05) is 12.8 Å². The lowest BCUT2D eigenvalue weighted by Crippen LogP contribution is -2.15. The average Bonchev–Trinajstić information content (AvgIpc) is 1.99. The molecule has 0 aliphatic rings. The Bertz CT molecular complexity index is 430. The summed E-state index contributed by atoms with van der Waals surface area (Å²) in [6.07, 6.45) is 1.14. The predicted molar refractivity (Wildman–Crippen MR) is 58.0 cm³/mol. The molecule has 0 aliphatic heterocycles. The minimum Gasteiger partial charge on any atom is -0.353 e. The molecule has 1 rings (SSSR count). The van der Waals surface area contributed by atoms with Crippen LogP contribution in [-0.4, -0.2) is 41.9 Å². The highest BCUT2D eigenvalue weighted by atomic mass is 35.5. The van der Waals surface area contributed by atoms with Crippen LogP contribution < -0.4 is 5.32 Å². The molecule has 0 radical (unpaired) electrons. The van der Waals surface area contributed by atoms with Crippen LogP contribution in [0.25, 0.3) is 0 Å². The molecule has 0 aromatic carbocycles. The second-order valence-corrected chi connectivity index (χ2v) is 5.69. The fraction of sp³-hybridized carbons (Fsp3) is 0.500. The first-order chi connectivity index (χ1) is 6.87. The summed E-state index contributed by atoms with van der Waals surface area (Å²) in [4.78, 5) is 11.0. The molecule has 0 fully saturated rings. The first-order valence-corrected chi connectivity index (χ1v) is 6.67. The Labute approximate surface area is 97.0 Å². The fourth-order valence-electron chi connectivity index (χ4n) is 0.753. The summed E-state index contributed by atoms with van der Waals surface area (Å²) in [7, 11) is -3.01. The minimum atomic E-state index is -3.01. The van der Waals surface area contributed by atoms with Crippen LogP contribution in [0.4, 0.5) is 5.95 Å². The maximum absolute atomic E-state index is 10.8. The number of nitrogens with zero attached hydrogens (tertiary/aromatic N) is 3. The van der Waals surface area contributed by atoms with E-state index in [0.717, 1.165) is 6.26 Å². The maximum atomic E-state index is 10.8. The first-order valence-electron chi connectivity index (χ1n) is 3.85.